The molecule has 0 aliphatic heterocycles. The Morgan fingerprint density at radius 3 is 2.03 bits per heavy atom. The van der Waals surface area contributed by atoms with Crippen molar-refractivity contribution in [2.45, 2.75) is 33.8 Å². The maximum absolute atomic E-state index is 12.7. The fourth-order valence-electron chi connectivity index (χ4n) is 2.77. The third kappa shape index (κ3) is 6.28. The fourth-order valence-corrected chi connectivity index (χ4v) is 2.77. The topological polar surface area (TPSA) is 92.3 Å². The van der Waals surface area contributed by atoms with Crippen LogP contribution in [-0.2, 0) is 9.53 Å². The van der Waals surface area contributed by atoms with Gasteiger partial charge in [0.2, 0.25) is 5.75 Å². The molecule has 1 N–H and O–H groups in total. The first-order valence-corrected chi connectivity index (χ1v) is 10.2. The molecule has 0 aliphatic rings. The molecule has 8 heteroatoms. The quantitative estimate of drug-likeness (QED) is 0.536. The zero-order valence-corrected chi connectivity index (χ0v) is 18.5. The minimum absolute atomic E-state index is 0.187. The van der Waals surface area contributed by atoms with Crippen molar-refractivity contribution in [2.24, 2.45) is 0 Å². The highest BCUT2D eigenvalue weighted by Gasteiger charge is 2.23. The van der Waals surface area contributed by atoms with E-state index >= 15 is 0 Å². The molecule has 0 aromatic heterocycles. The van der Waals surface area contributed by atoms with Crippen molar-refractivity contribution in [1.82, 2.24) is 0 Å². The number of nitrogens with one attached hydrogen (secondary N) is 1. The molecule has 0 spiro atoms. The molecule has 0 heterocycles. The maximum Gasteiger partial charge on any atom is 0.339 e. The molecule has 0 saturated heterocycles. The van der Waals surface area contributed by atoms with E-state index in [0.717, 1.165) is 0 Å². The molecule has 1 atom stereocenters. The summed E-state index contributed by atoms with van der Waals surface area (Å²) >= 11 is 0. The van der Waals surface area contributed by atoms with Gasteiger partial charge in [-0.1, -0.05) is 12.1 Å². The Balaban J connectivity index is 2.20. The average Bonchev–Trinajstić information content (AvgIpc) is 2.76. The van der Waals surface area contributed by atoms with E-state index in [0.29, 0.717) is 48.5 Å². The number of hydrogen-bond donors (Lipinski definition) is 1. The largest absolute Gasteiger partial charge is 0.495 e. The second kappa shape index (κ2) is 11.7. The summed E-state index contributed by atoms with van der Waals surface area (Å²) in [5.41, 5.74) is 0.670. The molecule has 31 heavy (non-hydrogen) atoms. The third-order valence-electron chi connectivity index (χ3n) is 4.16. The number of anilines is 1. The highest BCUT2D eigenvalue weighted by molar-refractivity contribution is 5.98. The van der Waals surface area contributed by atoms with E-state index < -0.39 is 18.0 Å². The number of carbonyl (C=O) groups excluding carboxylic acids is 2. The number of ether oxygens (including phenoxy) is 5. The minimum Gasteiger partial charge on any atom is -0.495 e. The van der Waals surface area contributed by atoms with E-state index in [1.807, 2.05) is 20.8 Å². The lowest BCUT2D eigenvalue weighted by atomic mass is 10.1. The first kappa shape index (κ1) is 23.9. The summed E-state index contributed by atoms with van der Waals surface area (Å²) in [7, 11) is 1.51. The molecule has 0 radical (unpaired) electrons. The fraction of sp³-hybridized carbons (Fsp3) is 0.391. The van der Waals surface area contributed by atoms with E-state index in [-0.39, 0.29) is 5.56 Å². The van der Waals surface area contributed by atoms with E-state index in [1.165, 1.54) is 26.2 Å². The number of hydrogen-bond acceptors (Lipinski definition) is 7. The van der Waals surface area contributed by atoms with Gasteiger partial charge in [-0.05, 0) is 52.0 Å². The molecule has 2 rings (SSSR count). The summed E-state index contributed by atoms with van der Waals surface area (Å²) in [5.74, 6) is 0.488. The van der Waals surface area contributed by atoms with Crippen LogP contribution < -0.4 is 24.3 Å². The van der Waals surface area contributed by atoms with Crippen molar-refractivity contribution in [3.63, 3.8) is 0 Å². The van der Waals surface area contributed by atoms with Crippen molar-refractivity contribution < 1.29 is 33.3 Å². The molecular formula is C23H29NO7. The summed E-state index contributed by atoms with van der Waals surface area (Å²) in [4.78, 5) is 25.3. The SMILES string of the molecule is CCOc1cc(C(=O)OC(C)C(=O)Nc2ccccc2OC)cc(OCC)c1OCC. The third-order valence-corrected chi connectivity index (χ3v) is 4.16. The van der Waals surface area contributed by atoms with Gasteiger partial charge in [0.1, 0.15) is 5.75 Å². The number of amides is 1. The predicted octanol–water partition coefficient (Wildman–Crippen LogP) is 4.08. The Labute approximate surface area is 182 Å². The van der Waals surface area contributed by atoms with Gasteiger partial charge in [0, 0.05) is 0 Å². The molecule has 8 nitrogen and oxygen atoms in total. The van der Waals surface area contributed by atoms with Crippen molar-refractivity contribution in [3.8, 4) is 23.0 Å². The summed E-state index contributed by atoms with van der Waals surface area (Å²) in [6.07, 6.45) is -1.05. The number of carbonyl (C=O) groups is 2. The van der Waals surface area contributed by atoms with Crippen molar-refractivity contribution in [3.05, 3.63) is 42.0 Å². The van der Waals surface area contributed by atoms with Gasteiger partial charge in [0.15, 0.2) is 17.6 Å². The monoisotopic (exact) mass is 431 g/mol. The highest BCUT2D eigenvalue weighted by atomic mass is 16.6. The van der Waals surface area contributed by atoms with Crippen LogP contribution in [0.15, 0.2) is 36.4 Å². The smallest absolute Gasteiger partial charge is 0.339 e. The lowest BCUT2D eigenvalue weighted by Crippen LogP contribution is -2.30. The van der Waals surface area contributed by atoms with Gasteiger partial charge < -0.3 is 29.0 Å². The Hall–Kier alpha value is -3.42. The van der Waals surface area contributed by atoms with Gasteiger partial charge in [-0.15, -0.1) is 0 Å². The van der Waals surface area contributed by atoms with Crippen LogP contribution in [0.3, 0.4) is 0 Å². The van der Waals surface area contributed by atoms with Gasteiger partial charge in [-0.3, -0.25) is 4.79 Å². The van der Waals surface area contributed by atoms with Crippen LogP contribution in [0.1, 0.15) is 38.1 Å². The van der Waals surface area contributed by atoms with E-state index in [9.17, 15) is 9.59 Å². The summed E-state index contributed by atoms with van der Waals surface area (Å²) in [5, 5.41) is 2.70. The molecule has 0 aliphatic carbocycles. The summed E-state index contributed by atoms with van der Waals surface area (Å²) in [6, 6.07) is 10.0. The molecule has 2 aromatic rings. The molecular weight excluding hydrogens is 402 g/mol. The van der Waals surface area contributed by atoms with Gasteiger partial charge >= 0.3 is 5.97 Å². The van der Waals surface area contributed by atoms with Crippen LogP contribution >= 0.6 is 0 Å². The Kier molecular flexibility index (Phi) is 8.99. The van der Waals surface area contributed by atoms with Gasteiger partial charge in [0.25, 0.3) is 5.91 Å². The Morgan fingerprint density at radius 2 is 1.48 bits per heavy atom. The molecule has 0 saturated carbocycles. The number of benzene rings is 2. The molecule has 1 unspecified atom stereocenters. The number of para-hydroxylation sites is 2. The van der Waals surface area contributed by atoms with Crippen molar-refractivity contribution in [1.29, 1.82) is 0 Å². The first-order chi connectivity index (χ1) is 14.9. The van der Waals surface area contributed by atoms with E-state index in [1.54, 1.807) is 24.3 Å². The van der Waals surface area contributed by atoms with Crippen LogP contribution in [0.25, 0.3) is 0 Å². The van der Waals surface area contributed by atoms with Gasteiger partial charge in [-0.25, -0.2) is 4.79 Å². The zero-order valence-electron chi connectivity index (χ0n) is 18.5. The minimum atomic E-state index is -1.05. The normalized spacial score (nSPS) is 11.3. The Morgan fingerprint density at radius 1 is 0.903 bits per heavy atom. The van der Waals surface area contributed by atoms with Gasteiger partial charge in [0.05, 0.1) is 38.2 Å². The number of esters is 1. The summed E-state index contributed by atoms with van der Waals surface area (Å²) < 4.78 is 27.5. The maximum atomic E-state index is 12.7. The molecule has 0 bridgehead atoms. The Bertz CT molecular complexity index is 870. The number of rotatable bonds is 11. The lowest BCUT2D eigenvalue weighted by molar-refractivity contribution is -0.123. The van der Waals surface area contributed by atoms with Crippen molar-refractivity contribution >= 4 is 17.6 Å². The molecule has 168 valence electrons. The second-order valence-corrected chi connectivity index (χ2v) is 6.34. The van der Waals surface area contributed by atoms with Crippen molar-refractivity contribution in [2.75, 3.05) is 32.2 Å². The lowest BCUT2D eigenvalue weighted by Gasteiger charge is -2.18. The van der Waals surface area contributed by atoms with Crippen LogP contribution in [-0.4, -0.2) is 44.9 Å². The zero-order chi connectivity index (χ0) is 22.8. The first-order valence-electron chi connectivity index (χ1n) is 10.2. The number of methoxy groups -OCH3 is 1. The van der Waals surface area contributed by atoms with E-state index in [4.69, 9.17) is 23.7 Å². The summed E-state index contributed by atoms with van der Waals surface area (Å²) in [6.45, 7) is 8.14. The van der Waals surface area contributed by atoms with E-state index in [2.05, 4.69) is 5.32 Å². The van der Waals surface area contributed by atoms with Crippen LogP contribution in [0.5, 0.6) is 23.0 Å². The predicted molar refractivity (Wildman–Crippen MR) is 116 cm³/mol. The van der Waals surface area contributed by atoms with Crippen LogP contribution in [0.4, 0.5) is 5.69 Å². The molecule has 1 amide bonds. The second-order valence-electron chi connectivity index (χ2n) is 6.34. The highest BCUT2D eigenvalue weighted by Crippen LogP contribution is 2.39. The molecule has 0 fully saturated rings. The average molecular weight is 431 g/mol. The van der Waals surface area contributed by atoms with Crippen LogP contribution in [0, 0.1) is 0 Å². The van der Waals surface area contributed by atoms with Gasteiger partial charge in [-0.2, -0.15) is 0 Å². The molecule has 2 aromatic carbocycles. The standard InChI is InChI=1S/C23H29NO7/c1-6-28-19-13-16(14-20(29-7-2)21(19)30-8-3)23(26)31-15(4)22(25)24-17-11-9-10-12-18(17)27-5/h9-15H,6-8H2,1-5H3,(H,24,25). The van der Waals surface area contributed by atoms with Crippen LogP contribution in [0.2, 0.25) is 0 Å².